The summed E-state index contributed by atoms with van der Waals surface area (Å²) >= 11 is 0. The fourth-order valence-corrected chi connectivity index (χ4v) is 2.37. The van der Waals surface area contributed by atoms with Gasteiger partial charge in [-0.25, -0.2) is 4.68 Å². The zero-order valence-corrected chi connectivity index (χ0v) is 15.4. The second-order valence-electron chi connectivity index (χ2n) is 7.20. The van der Waals surface area contributed by atoms with Gasteiger partial charge in [0, 0.05) is 17.2 Å². The minimum absolute atomic E-state index is 0.149. The molecule has 0 spiro atoms. The Morgan fingerprint density at radius 3 is 2.11 bits per heavy atom. The Labute approximate surface area is 159 Å². The number of carbonyl (C=O) groups excluding carboxylic acids is 1. The maximum atomic E-state index is 12.6. The minimum Gasteiger partial charge on any atom is -0.305 e. The summed E-state index contributed by atoms with van der Waals surface area (Å²) in [4.78, 5) is 12.3. The van der Waals surface area contributed by atoms with Gasteiger partial charge in [-0.3, -0.25) is 4.79 Å². The van der Waals surface area contributed by atoms with E-state index in [1.807, 2.05) is 20.8 Å². The van der Waals surface area contributed by atoms with Gasteiger partial charge in [0.15, 0.2) is 11.5 Å². The summed E-state index contributed by atoms with van der Waals surface area (Å²) in [5.74, 6) is -0.0928. The number of hydrogen-bond donors (Lipinski definition) is 1. The summed E-state index contributed by atoms with van der Waals surface area (Å²) in [6, 6.07) is 10.4. The highest BCUT2D eigenvalue weighted by molar-refractivity contribution is 6.03. The molecule has 28 heavy (non-hydrogen) atoms. The van der Waals surface area contributed by atoms with Gasteiger partial charge in [-0.15, -0.1) is 5.10 Å². The van der Waals surface area contributed by atoms with Crippen molar-refractivity contribution < 1.29 is 18.0 Å². The third-order valence-electron chi connectivity index (χ3n) is 3.95. The average molecular weight is 389 g/mol. The third kappa shape index (κ3) is 4.36. The molecule has 6 nitrogen and oxygen atoms in total. The van der Waals surface area contributed by atoms with E-state index in [0.29, 0.717) is 17.1 Å². The first-order valence-corrected chi connectivity index (χ1v) is 8.43. The number of rotatable bonds is 3. The van der Waals surface area contributed by atoms with Crippen LogP contribution in [0.15, 0.2) is 48.7 Å². The van der Waals surface area contributed by atoms with E-state index in [1.54, 1.807) is 12.1 Å². The second kappa shape index (κ2) is 7.06. The highest BCUT2D eigenvalue weighted by atomic mass is 19.4. The number of alkyl halides is 3. The molecule has 0 atom stereocenters. The highest BCUT2D eigenvalue weighted by Crippen LogP contribution is 2.28. The van der Waals surface area contributed by atoms with Gasteiger partial charge in [-0.1, -0.05) is 20.8 Å². The van der Waals surface area contributed by atoms with Crippen LogP contribution in [0.2, 0.25) is 0 Å². The first-order valence-electron chi connectivity index (χ1n) is 8.43. The van der Waals surface area contributed by atoms with Crippen LogP contribution in [0.25, 0.3) is 5.69 Å². The number of benzene rings is 1. The molecule has 0 unspecified atom stereocenters. The Morgan fingerprint density at radius 2 is 1.61 bits per heavy atom. The first kappa shape index (κ1) is 19.5. The summed E-state index contributed by atoms with van der Waals surface area (Å²) in [5.41, 5.74) is 0.401. The molecule has 3 rings (SSSR count). The lowest BCUT2D eigenvalue weighted by atomic mass is 9.92. The molecule has 146 valence electrons. The van der Waals surface area contributed by atoms with E-state index in [2.05, 4.69) is 20.6 Å². The third-order valence-corrected chi connectivity index (χ3v) is 3.95. The Morgan fingerprint density at radius 1 is 0.929 bits per heavy atom. The molecule has 9 heteroatoms. The summed E-state index contributed by atoms with van der Waals surface area (Å²) in [5, 5.41) is 14.2. The summed E-state index contributed by atoms with van der Waals surface area (Å²) in [7, 11) is 0. The molecule has 0 radical (unpaired) electrons. The van der Waals surface area contributed by atoms with E-state index in [9.17, 15) is 18.0 Å². The van der Waals surface area contributed by atoms with Crippen molar-refractivity contribution in [2.45, 2.75) is 32.4 Å². The molecule has 2 aromatic heterocycles. The molecular formula is C19H18F3N5O. The highest BCUT2D eigenvalue weighted by Gasteiger charge is 2.33. The van der Waals surface area contributed by atoms with E-state index in [0.717, 1.165) is 16.4 Å². The molecular weight excluding hydrogens is 371 g/mol. The van der Waals surface area contributed by atoms with Crippen LogP contribution in [0.3, 0.4) is 0 Å². The normalized spacial score (nSPS) is 12.1. The maximum Gasteiger partial charge on any atom is 0.435 e. The van der Waals surface area contributed by atoms with Crippen molar-refractivity contribution in [3.8, 4) is 5.69 Å². The molecule has 1 N–H and O–H groups in total. The fourth-order valence-electron chi connectivity index (χ4n) is 2.37. The van der Waals surface area contributed by atoms with E-state index in [1.165, 1.54) is 30.5 Å². The molecule has 0 aliphatic heterocycles. The molecule has 0 fully saturated rings. The van der Waals surface area contributed by atoms with Crippen molar-refractivity contribution in [1.82, 2.24) is 20.0 Å². The predicted octanol–water partition coefficient (Wildman–Crippen LogP) is 4.23. The molecule has 0 aliphatic carbocycles. The lowest BCUT2D eigenvalue weighted by molar-refractivity contribution is -0.141. The van der Waals surface area contributed by atoms with Crippen LogP contribution in [0.5, 0.6) is 0 Å². The van der Waals surface area contributed by atoms with Crippen molar-refractivity contribution >= 4 is 11.7 Å². The Bertz CT molecular complexity index is 971. The molecule has 0 aliphatic rings. The van der Waals surface area contributed by atoms with Gasteiger partial charge in [0.05, 0.1) is 11.4 Å². The van der Waals surface area contributed by atoms with E-state index < -0.39 is 17.8 Å². The number of anilines is 1. The first-order chi connectivity index (χ1) is 13.0. The number of nitrogens with one attached hydrogen (secondary N) is 1. The van der Waals surface area contributed by atoms with Crippen LogP contribution < -0.4 is 5.32 Å². The lowest BCUT2D eigenvalue weighted by Gasteiger charge is -2.16. The van der Waals surface area contributed by atoms with Crippen molar-refractivity contribution in [1.29, 1.82) is 0 Å². The zero-order valence-electron chi connectivity index (χ0n) is 15.4. The van der Waals surface area contributed by atoms with Gasteiger partial charge in [0.2, 0.25) is 0 Å². The van der Waals surface area contributed by atoms with Crippen LogP contribution in [0.4, 0.5) is 19.0 Å². The lowest BCUT2D eigenvalue weighted by Crippen LogP contribution is -2.17. The van der Waals surface area contributed by atoms with Crippen LogP contribution in [-0.2, 0) is 11.6 Å². The van der Waals surface area contributed by atoms with Gasteiger partial charge < -0.3 is 5.32 Å². The SMILES string of the molecule is CC(C)(C)c1ccc(NC(=O)c2ccc(-n3ccc(C(F)(F)F)n3)cc2)nn1. The Kier molecular flexibility index (Phi) is 4.93. The second-order valence-corrected chi connectivity index (χ2v) is 7.20. The molecule has 1 amide bonds. The van der Waals surface area contributed by atoms with Gasteiger partial charge in [-0.05, 0) is 42.5 Å². The predicted molar refractivity (Wildman–Crippen MR) is 97.3 cm³/mol. The average Bonchev–Trinajstić information content (AvgIpc) is 3.12. The quantitative estimate of drug-likeness (QED) is 0.728. The topological polar surface area (TPSA) is 72.7 Å². The molecule has 1 aromatic carbocycles. The van der Waals surface area contributed by atoms with Crippen LogP contribution in [0, 0.1) is 0 Å². The van der Waals surface area contributed by atoms with E-state index >= 15 is 0 Å². The monoisotopic (exact) mass is 389 g/mol. The smallest absolute Gasteiger partial charge is 0.305 e. The minimum atomic E-state index is -4.51. The van der Waals surface area contributed by atoms with Crippen LogP contribution >= 0.6 is 0 Å². The number of aromatic nitrogens is 4. The number of amides is 1. The molecule has 0 bridgehead atoms. The van der Waals surface area contributed by atoms with Gasteiger partial charge in [-0.2, -0.15) is 23.4 Å². The van der Waals surface area contributed by atoms with Gasteiger partial charge in [0.25, 0.3) is 5.91 Å². The van der Waals surface area contributed by atoms with E-state index in [4.69, 9.17) is 0 Å². The summed E-state index contributed by atoms with van der Waals surface area (Å²) in [6.45, 7) is 6.02. The maximum absolute atomic E-state index is 12.6. The number of nitrogens with zero attached hydrogens (tertiary/aromatic N) is 4. The number of hydrogen-bond acceptors (Lipinski definition) is 4. The zero-order chi connectivity index (χ0) is 20.5. The Hall–Kier alpha value is -3.23. The largest absolute Gasteiger partial charge is 0.435 e. The summed E-state index contributed by atoms with van der Waals surface area (Å²) in [6.07, 6.45) is -3.29. The van der Waals surface area contributed by atoms with Crippen molar-refractivity contribution in [2.24, 2.45) is 0 Å². The Balaban J connectivity index is 1.71. The number of halogens is 3. The van der Waals surface area contributed by atoms with Crippen molar-refractivity contribution in [3.05, 3.63) is 65.6 Å². The van der Waals surface area contributed by atoms with Gasteiger partial charge in [0.1, 0.15) is 0 Å². The molecule has 0 saturated heterocycles. The molecule has 0 saturated carbocycles. The van der Waals surface area contributed by atoms with Gasteiger partial charge >= 0.3 is 6.18 Å². The number of carbonyl (C=O) groups is 1. The summed E-state index contributed by atoms with van der Waals surface area (Å²) < 4.78 is 39.0. The van der Waals surface area contributed by atoms with Crippen LogP contribution in [-0.4, -0.2) is 25.9 Å². The van der Waals surface area contributed by atoms with Crippen LogP contribution in [0.1, 0.15) is 42.5 Å². The molecule has 3 aromatic rings. The van der Waals surface area contributed by atoms with Crippen molar-refractivity contribution in [2.75, 3.05) is 5.32 Å². The van der Waals surface area contributed by atoms with E-state index in [-0.39, 0.29) is 5.41 Å². The van der Waals surface area contributed by atoms with Crippen molar-refractivity contribution in [3.63, 3.8) is 0 Å². The fraction of sp³-hybridized carbons (Fsp3) is 0.263. The molecule has 2 heterocycles. The standard InChI is InChI=1S/C19H18F3N5O/c1-18(2,3)14-8-9-16(25-24-14)23-17(28)12-4-6-13(7-5-12)27-11-10-15(26-27)19(20,21)22/h4-11H,1-3H3,(H,23,25,28).